The van der Waals surface area contributed by atoms with Gasteiger partial charge in [0.15, 0.2) is 0 Å². The number of carboxylic acid groups (broad SMARTS) is 1. The number of carbonyl (C=O) groups is 1. The molecular weight excluding hydrogens is 145 g/mol. The van der Waals surface area contributed by atoms with Crippen LogP contribution in [-0.4, -0.2) is 12.0 Å². The summed E-state index contributed by atoms with van der Waals surface area (Å²) in [6, 6.07) is -0.824. The number of nitrogens with two attached hydrogens (primary N) is 1. The maximum Gasteiger partial charge on any atom is 1.00 e. The van der Waals surface area contributed by atoms with Gasteiger partial charge in [-0.15, -0.1) is 0 Å². The first kappa shape index (κ1) is 12.7. The zero-order valence-electron chi connectivity index (χ0n) is 6.05. The predicted molar refractivity (Wildman–Crippen MR) is 27.8 cm³/mol. The van der Waals surface area contributed by atoms with Crippen LogP contribution >= 0.6 is 0 Å². The third kappa shape index (κ3) is 5.51. The van der Waals surface area contributed by atoms with Crippen LogP contribution in [0.1, 0.15) is 13.8 Å². The second-order valence-corrected chi connectivity index (χ2v) is 2.09. The molecule has 0 aliphatic carbocycles. The quantitative estimate of drug-likeness (QED) is 0.410. The van der Waals surface area contributed by atoms with Crippen LogP contribution in [0.25, 0.3) is 0 Å². The standard InChI is InChI=1S/C5H11NO2.K/c1-3(2)4(6)5(7)8;/h3-4H,6H2,1-2H3,(H,7,8);/q;+1/p-1. The van der Waals surface area contributed by atoms with Crippen molar-refractivity contribution in [1.82, 2.24) is 0 Å². The molecule has 0 aromatic rings. The van der Waals surface area contributed by atoms with Crippen molar-refractivity contribution in [2.45, 2.75) is 19.9 Å². The molecule has 4 heteroatoms. The molecule has 0 saturated carbocycles. The van der Waals surface area contributed by atoms with Crippen LogP contribution in [0.3, 0.4) is 0 Å². The molecule has 0 bridgehead atoms. The summed E-state index contributed by atoms with van der Waals surface area (Å²) in [6.45, 7) is 3.47. The van der Waals surface area contributed by atoms with E-state index in [1.54, 1.807) is 13.8 Å². The third-order valence-electron chi connectivity index (χ3n) is 0.990. The van der Waals surface area contributed by atoms with Gasteiger partial charge in [-0.25, -0.2) is 0 Å². The Morgan fingerprint density at radius 2 is 1.89 bits per heavy atom. The van der Waals surface area contributed by atoms with Crippen LogP contribution in [0, 0.1) is 5.92 Å². The van der Waals surface area contributed by atoms with Gasteiger partial charge in [-0.1, -0.05) is 13.8 Å². The van der Waals surface area contributed by atoms with Gasteiger partial charge in [0.1, 0.15) is 0 Å². The number of aliphatic carboxylic acids is 1. The van der Waals surface area contributed by atoms with Gasteiger partial charge in [0.05, 0.1) is 5.97 Å². The molecule has 0 aliphatic heterocycles. The molecule has 2 N–H and O–H groups in total. The van der Waals surface area contributed by atoms with Gasteiger partial charge in [-0.3, -0.25) is 0 Å². The number of hydrogen-bond acceptors (Lipinski definition) is 3. The first-order chi connectivity index (χ1) is 3.55. The molecule has 1 unspecified atom stereocenters. The molecule has 9 heavy (non-hydrogen) atoms. The average molecular weight is 155 g/mol. The minimum atomic E-state index is -1.18. The summed E-state index contributed by atoms with van der Waals surface area (Å²) in [5.41, 5.74) is 5.10. The van der Waals surface area contributed by atoms with E-state index >= 15 is 0 Å². The van der Waals surface area contributed by atoms with Gasteiger partial charge in [-0.2, -0.15) is 0 Å². The van der Waals surface area contributed by atoms with Crippen LogP contribution in [0.2, 0.25) is 0 Å². The molecule has 0 aliphatic rings. The monoisotopic (exact) mass is 155 g/mol. The second-order valence-electron chi connectivity index (χ2n) is 2.09. The molecule has 1 atom stereocenters. The van der Waals surface area contributed by atoms with E-state index in [0.717, 1.165) is 0 Å². The molecule has 0 aromatic heterocycles. The summed E-state index contributed by atoms with van der Waals surface area (Å²) in [5, 5.41) is 9.90. The molecular formula is C5H10KNO2. The minimum Gasteiger partial charge on any atom is -0.548 e. The Hall–Kier alpha value is 1.07. The molecule has 48 valence electrons. The average Bonchev–Trinajstić information content (AvgIpc) is 1.64. The van der Waals surface area contributed by atoms with Gasteiger partial charge in [0.25, 0.3) is 0 Å². The Bertz CT molecular complexity index is 95.0. The van der Waals surface area contributed by atoms with E-state index in [-0.39, 0.29) is 57.3 Å². The van der Waals surface area contributed by atoms with Crippen LogP contribution in [0.4, 0.5) is 0 Å². The fourth-order valence-corrected chi connectivity index (χ4v) is 0.272. The Morgan fingerprint density at radius 1 is 1.56 bits per heavy atom. The van der Waals surface area contributed by atoms with E-state index < -0.39 is 12.0 Å². The van der Waals surface area contributed by atoms with Crippen molar-refractivity contribution in [3.8, 4) is 0 Å². The Kier molecular flexibility index (Phi) is 8.23. The van der Waals surface area contributed by atoms with Crippen molar-refractivity contribution in [1.29, 1.82) is 0 Å². The first-order valence-electron chi connectivity index (χ1n) is 2.52. The van der Waals surface area contributed by atoms with Crippen molar-refractivity contribution < 1.29 is 61.3 Å². The van der Waals surface area contributed by atoms with Gasteiger partial charge in [-0.05, 0) is 5.92 Å². The summed E-state index contributed by atoms with van der Waals surface area (Å²) in [7, 11) is 0. The summed E-state index contributed by atoms with van der Waals surface area (Å²) >= 11 is 0. The van der Waals surface area contributed by atoms with E-state index in [9.17, 15) is 9.90 Å². The normalized spacial score (nSPS) is 12.4. The van der Waals surface area contributed by atoms with Crippen LogP contribution < -0.4 is 62.2 Å². The summed E-state index contributed by atoms with van der Waals surface area (Å²) in [6.07, 6.45) is 0. The van der Waals surface area contributed by atoms with Gasteiger partial charge in [0.2, 0.25) is 0 Å². The molecule has 0 amide bonds. The number of carbonyl (C=O) groups excluding carboxylic acids is 1. The minimum absolute atomic E-state index is 0. The second kappa shape index (κ2) is 5.82. The van der Waals surface area contributed by atoms with Crippen molar-refractivity contribution in [2.75, 3.05) is 0 Å². The molecule has 0 saturated heterocycles. The number of hydrogen-bond donors (Lipinski definition) is 1. The van der Waals surface area contributed by atoms with Crippen LogP contribution in [-0.2, 0) is 4.79 Å². The summed E-state index contributed by atoms with van der Waals surface area (Å²) in [4.78, 5) is 9.90. The fraction of sp³-hybridized carbons (Fsp3) is 0.800. The predicted octanol–water partition coefficient (Wildman–Crippen LogP) is -4.28. The Morgan fingerprint density at radius 3 is 1.89 bits per heavy atom. The number of carboxylic acids is 1. The molecule has 0 spiro atoms. The summed E-state index contributed by atoms with van der Waals surface area (Å²) < 4.78 is 0. The van der Waals surface area contributed by atoms with Crippen LogP contribution in [0.15, 0.2) is 0 Å². The zero-order chi connectivity index (χ0) is 6.73. The van der Waals surface area contributed by atoms with E-state index in [1.165, 1.54) is 0 Å². The van der Waals surface area contributed by atoms with Crippen molar-refractivity contribution in [2.24, 2.45) is 11.7 Å². The van der Waals surface area contributed by atoms with E-state index in [0.29, 0.717) is 0 Å². The van der Waals surface area contributed by atoms with Gasteiger partial charge in [0, 0.05) is 6.04 Å². The molecule has 3 nitrogen and oxygen atoms in total. The topological polar surface area (TPSA) is 66.2 Å². The van der Waals surface area contributed by atoms with Gasteiger partial charge < -0.3 is 15.6 Å². The molecule has 0 rings (SSSR count). The number of rotatable bonds is 2. The largest absolute Gasteiger partial charge is 1.00 e. The fourth-order valence-electron chi connectivity index (χ4n) is 0.272. The third-order valence-corrected chi connectivity index (χ3v) is 0.990. The van der Waals surface area contributed by atoms with E-state index in [2.05, 4.69) is 0 Å². The molecule has 0 radical (unpaired) electrons. The van der Waals surface area contributed by atoms with E-state index in [4.69, 9.17) is 5.73 Å². The zero-order valence-corrected chi connectivity index (χ0v) is 9.17. The Labute approximate surface area is 97.4 Å². The van der Waals surface area contributed by atoms with Crippen molar-refractivity contribution in [3.05, 3.63) is 0 Å². The van der Waals surface area contributed by atoms with Crippen molar-refractivity contribution in [3.63, 3.8) is 0 Å². The van der Waals surface area contributed by atoms with E-state index in [1.807, 2.05) is 0 Å². The van der Waals surface area contributed by atoms with Crippen molar-refractivity contribution >= 4 is 5.97 Å². The maximum atomic E-state index is 9.90. The molecule has 0 aromatic carbocycles. The Balaban J connectivity index is 0. The van der Waals surface area contributed by atoms with Crippen LogP contribution in [0.5, 0.6) is 0 Å². The smallest absolute Gasteiger partial charge is 0.548 e. The first-order valence-corrected chi connectivity index (χ1v) is 2.52. The van der Waals surface area contributed by atoms with Gasteiger partial charge >= 0.3 is 51.4 Å². The summed E-state index contributed by atoms with van der Waals surface area (Å²) in [5.74, 6) is -1.22. The molecule has 0 heterocycles. The SMILES string of the molecule is CC(C)C(N)C(=O)[O-].[K+]. The maximum absolute atomic E-state index is 9.90. The molecule has 0 fully saturated rings.